The van der Waals surface area contributed by atoms with Crippen LogP contribution < -0.4 is 0 Å². The zero-order valence-electron chi connectivity index (χ0n) is 47.3. The van der Waals surface area contributed by atoms with Crippen molar-refractivity contribution in [1.29, 1.82) is 0 Å². The summed E-state index contributed by atoms with van der Waals surface area (Å²) < 4.78 is 2.02. The van der Waals surface area contributed by atoms with E-state index in [1.54, 1.807) is 0 Å². The fourth-order valence-corrected chi connectivity index (χ4v) is 9.45. The van der Waals surface area contributed by atoms with Crippen LogP contribution >= 0.6 is 0 Å². The molecular formula is C66H104N3+. The summed E-state index contributed by atoms with van der Waals surface area (Å²) in [5.74, 6) is 0.872. The Morgan fingerprint density at radius 1 is 0.899 bits per heavy atom. The molecule has 0 spiro atoms. The SMILES string of the molecule is C=C(/C=C\C(=C/C)c1ccc(C(=C/C)/C(C)=C\CC)c(C)c1)CC1CCC1.C=Cc1cc(/C=C\CCCCCN2CC(CC)(CCC)C2)ccc1C(=C)N(C)C(C)CC[N+](=C)/C=C/CC.CC.CC. The first kappa shape index (κ1) is 62.5. The average Bonchev–Trinajstić information content (AvgIpc) is 3.34. The molecule has 2 fully saturated rings. The van der Waals surface area contributed by atoms with Gasteiger partial charge in [0, 0.05) is 43.9 Å². The molecule has 0 bridgehead atoms. The van der Waals surface area contributed by atoms with Gasteiger partial charge in [-0.15, -0.1) is 0 Å². The second kappa shape index (κ2) is 35.6. The van der Waals surface area contributed by atoms with Gasteiger partial charge in [0.2, 0.25) is 0 Å². The summed E-state index contributed by atoms with van der Waals surface area (Å²) in [5, 5.41) is 0. The van der Waals surface area contributed by atoms with E-state index in [0.29, 0.717) is 11.5 Å². The minimum atomic E-state index is 0.366. The van der Waals surface area contributed by atoms with E-state index in [4.69, 9.17) is 0 Å². The Labute approximate surface area is 428 Å². The van der Waals surface area contributed by atoms with Gasteiger partial charge < -0.3 is 9.80 Å². The Kier molecular flexibility index (Phi) is 32.3. The molecule has 0 amide bonds. The number of likely N-dealkylation sites (tertiary alicyclic amines) is 1. The molecule has 4 rings (SSSR count). The molecule has 3 nitrogen and oxygen atoms in total. The Balaban J connectivity index is 0.000000674. The van der Waals surface area contributed by atoms with Gasteiger partial charge in [0.15, 0.2) is 6.20 Å². The molecule has 1 atom stereocenters. The van der Waals surface area contributed by atoms with E-state index in [1.807, 2.05) is 38.3 Å². The molecule has 2 aromatic rings. The highest BCUT2D eigenvalue weighted by atomic mass is 15.2. The van der Waals surface area contributed by atoms with Crippen LogP contribution in [0.2, 0.25) is 0 Å². The van der Waals surface area contributed by atoms with Gasteiger partial charge >= 0.3 is 0 Å². The van der Waals surface area contributed by atoms with Gasteiger partial charge in [-0.2, -0.15) is 0 Å². The van der Waals surface area contributed by atoms with Crippen molar-refractivity contribution in [2.45, 2.75) is 186 Å². The monoisotopic (exact) mass is 939 g/mol. The van der Waals surface area contributed by atoms with Crippen LogP contribution in [0.5, 0.6) is 0 Å². The average molecular weight is 940 g/mol. The Bertz CT molecular complexity index is 2020. The van der Waals surface area contributed by atoms with Crippen LogP contribution in [0.25, 0.3) is 29.0 Å². The first-order chi connectivity index (χ1) is 33.3. The molecule has 2 aliphatic rings. The number of rotatable bonds is 27. The van der Waals surface area contributed by atoms with Gasteiger partial charge in [0.25, 0.3) is 0 Å². The summed E-state index contributed by atoms with van der Waals surface area (Å²) >= 11 is 0. The molecule has 1 saturated heterocycles. The summed E-state index contributed by atoms with van der Waals surface area (Å²) in [6.45, 7) is 49.6. The molecular weight excluding hydrogens is 835 g/mol. The normalized spacial score (nSPS) is 15.5. The van der Waals surface area contributed by atoms with Crippen molar-refractivity contribution in [3.05, 3.63) is 149 Å². The quantitative estimate of drug-likeness (QED) is 0.0382. The molecule has 2 aromatic carbocycles. The zero-order chi connectivity index (χ0) is 51.8. The number of hydrogen-bond donors (Lipinski definition) is 0. The lowest BCUT2D eigenvalue weighted by molar-refractivity contribution is -0.449. The van der Waals surface area contributed by atoms with E-state index in [0.717, 1.165) is 61.4 Å². The molecule has 0 aromatic heterocycles. The molecule has 0 N–H and O–H groups in total. The maximum Gasteiger partial charge on any atom is 0.164 e. The maximum absolute atomic E-state index is 4.42. The largest absolute Gasteiger partial charge is 0.372 e. The number of nitrogens with zero attached hydrogens (tertiary/aromatic N) is 3. The summed E-state index contributed by atoms with van der Waals surface area (Å²) in [6, 6.07) is 13.8. The molecule has 1 aliphatic heterocycles. The van der Waals surface area contributed by atoms with Gasteiger partial charge in [0.1, 0.15) is 13.3 Å². The van der Waals surface area contributed by atoms with Crippen LogP contribution in [0.1, 0.15) is 206 Å². The summed E-state index contributed by atoms with van der Waals surface area (Å²) in [7, 11) is 2.14. The fourth-order valence-electron chi connectivity index (χ4n) is 9.45. The second-order valence-corrected chi connectivity index (χ2v) is 19.2. The summed E-state index contributed by atoms with van der Waals surface area (Å²) in [6.07, 6.45) is 39.5. The first-order valence-electron chi connectivity index (χ1n) is 27.6. The molecule has 1 aliphatic carbocycles. The lowest BCUT2D eigenvalue weighted by Crippen LogP contribution is -2.55. The van der Waals surface area contributed by atoms with Crippen molar-refractivity contribution >= 4 is 35.7 Å². The first-order valence-corrected chi connectivity index (χ1v) is 27.6. The molecule has 1 saturated carbocycles. The van der Waals surface area contributed by atoms with Gasteiger partial charge in [-0.25, -0.2) is 4.58 Å². The van der Waals surface area contributed by atoms with E-state index in [2.05, 4.69) is 197 Å². The van der Waals surface area contributed by atoms with E-state index in [1.165, 1.54) is 122 Å². The molecule has 1 heterocycles. The third kappa shape index (κ3) is 21.6. The maximum atomic E-state index is 4.42. The molecule has 3 heteroatoms. The van der Waals surface area contributed by atoms with E-state index < -0.39 is 0 Å². The van der Waals surface area contributed by atoms with Crippen LogP contribution in [0.3, 0.4) is 0 Å². The van der Waals surface area contributed by atoms with Crippen molar-refractivity contribution in [3.63, 3.8) is 0 Å². The van der Waals surface area contributed by atoms with Crippen molar-refractivity contribution in [3.8, 4) is 0 Å². The molecule has 69 heavy (non-hydrogen) atoms. The Morgan fingerprint density at radius 2 is 1.59 bits per heavy atom. The van der Waals surface area contributed by atoms with Gasteiger partial charge in [-0.05, 0) is 161 Å². The lowest BCUT2D eigenvalue weighted by atomic mass is 9.74. The van der Waals surface area contributed by atoms with Crippen molar-refractivity contribution in [1.82, 2.24) is 9.80 Å². The van der Waals surface area contributed by atoms with Gasteiger partial charge in [-0.1, -0.05) is 192 Å². The number of hydrogen-bond acceptors (Lipinski definition) is 2. The third-order valence-corrected chi connectivity index (χ3v) is 14.0. The van der Waals surface area contributed by atoms with Gasteiger partial charge in [-0.3, -0.25) is 0 Å². The number of unbranched alkanes of at least 4 members (excludes halogenated alkanes) is 3. The van der Waals surface area contributed by atoms with Crippen LogP contribution in [-0.4, -0.2) is 60.4 Å². The fraction of sp³-hybridized carbons (Fsp3) is 0.530. The number of benzene rings is 2. The van der Waals surface area contributed by atoms with E-state index >= 15 is 0 Å². The number of aryl methyl sites for hydroxylation is 1. The lowest BCUT2D eigenvalue weighted by Gasteiger charge is -2.50. The zero-order valence-corrected chi connectivity index (χ0v) is 47.3. The predicted molar refractivity (Wildman–Crippen MR) is 316 cm³/mol. The Morgan fingerprint density at radius 3 is 2.16 bits per heavy atom. The minimum absolute atomic E-state index is 0.366. The molecule has 0 radical (unpaired) electrons. The van der Waals surface area contributed by atoms with E-state index in [9.17, 15) is 0 Å². The smallest absolute Gasteiger partial charge is 0.164 e. The van der Waals surface area contributed by atoms with Crippen LogP contribution in [0, 0.1) is 18.3 Å². The highest BCUT2D eigenvalue weighted by Crippen LogP contribution is 2.38. The highest BCUT2D eigenvalue weighted by Gasteiger charge is 2.39. The van der Waals surface area contributed by atoms with Crippen LogP contribution in [0.15, 0.2) is 116 Å². The number of allylic oxidation sites excluding steroid dienone is 11. The van der Waals surface area contributed by atoms with Crippen LogP contribution in [0.4, 0.5) is 0 Å². The summed E-state index contributed by atoms with van der Waals surface area (Å²) in [5.41, 5.74) is 14.3. The van der Waals surface area contributed by atoms with Gasteiger partial charge in [0.05, 0.1) is 0 Å². The van der Waals surface area contributed by atoms with Crippen molar-refractivity contribution < 1.29 is 4.58 Å². The summed E-state index contributed by atoms with van der Waals surface area (Å²) in [4.78, 5) is 4.95. The third-order valence-electron chi connectivity index (χ3n) is 14.0. The highest BCUT2D eigenvalue weighted by molar-refractivity contribution is 5.82. The predicted octanol–water partition coefficient (Wildman–Crippen LogP) is 19.2. The standard InChI is InChI=1S/C35H56N3.C27H36.2C2H6/c1-9-13-24-36(7)26-22-30(5)37(8)31(6)34-21-20-32(27-33(34)11-3)19-17-15-14-16-18-25-38-28-35(12-4,29-38)23-10-2;1-7-11-21(5)26(9-3)27-17-16-25(19-22(27)6)24(8-2)15-14-20(4)18-23-12-10-13-23;2*1-2/h11,13,17,19-21,24,27,30H,3,6-7,9-10,12,14-16,18,22-23,25-26,28-29H2,1-2,4-5,8H3;8-9,11,14-17,19,23H,4,7,10,12-13,18H2,1-3,5-6H3;2*1-2H3/q+1;;;/b19-17-,24-13+;15-14-,21-11-,24-8+,26-9+;;. The van der Waals surface area contributed by atoms with Crippen molar-refractivity contribution in [2.75, 3.05) is 33.2 Å². The topological polar surface area (TPSA) is 9.49 Å². The molecule has 1 unspecified atom stereocenters. The second-order valence-electron chi connectivity index (χ2n) is 19.2. The van der Waals surface area contributed by atoms with E-state index in [-0.39, 0.29) is 0 Å². The Hall–Kier alpha value is -4.47. The minimum Gasteiger partial charge on any atom is -0.372 e. The van der Waals surface area contributed by atoms with Crippen molar-refractivity contribution in [2.24, 2.45) is 11.3 Å². The van der Waals surface area contributed by atoms with Crippen LogP contribution in [-0.2, 0) is 0 Å². The molecule has 382 valence electrons.